The van der Waals surface area contributed by atoms with Crippen molar-refractivity contribution in [2.24, 2.45) is 11.8 Å². The summed E-state index contributed by atoms with van der Waals surface area (Å²) in [5.41, 5.74) is 6.60. The van der Waals surface area contributed by atoms with E-state index in [4.69, 9.17) is 17.3 Å². The number of fused-ring (bicyclic) bond motifs is 1. The molecule has 1 aromatic heterocycles. The lowest BCUT2D eigenvalue weighted by Gasteiger charge is -2.42. The Bertz CT molecular complexity index is 437. The fraction of sp³-hybridized carbons (Fsp3) is 0.692. The summed E-state index contributed by atoms with van der Waals surface area (Å²) in [7, 11) is 0. The van der Waals surface area contributed by atoms with Gasteiger partial charge in [-0.1, -0.05) is 19.3 Å². The molecular formula is C13H19ClN4. The van der Waals surface area contributed by atoms with Crippen molar-refractivity contribution < 1.29 is 0 Å². The summed E-state index contributed by atoms with van der Waals surface area (Å²) in [4.78, 5) is 10.5. The number of nitrogens with two attached hydrogens (primary N) is 1. The predicted octanol–water partition coefficient (Wildman–Crippen LogP) is 2.73. The molecule has 2 heterocycles. The molecule has 1 aromatic rings. The van der Waals surface area contributed by atoms with Crippen LogP contribution in [0.15, 0.2) is 6.20 Å². The number of anilines is 2. The molecular weight excluding hydrogens is 248 g/mol. The second-order valence-corrected chi connectivity index (χ2v) is 5.80. The average Bonchev–Trinajstić information content (AvgIpc) is 2.41. The molecule has 2 N–H and O–H groups in total. The van der Waals surface area contributed by atoms with Crippen molar-refractivity contribution in [3.63, 3.8) is 0 Å². The van der Waals surface area contributed by atoms with Crippen molar-refractivity contribution in [2.75, 3.05) is 23.7 Å². The maximum atomic E-state index is 5.96. The summed E-state index contributed by atoms with van der Waals surface area (Å²) in [5, 5.41) is 0.282. The van der Waals surface area contributed by atoms with E-state index in [9.17, 15) is 0 Å². The molecule has 0 spiro atoms. The van der Waals surface area contributed by atoms with Crippen LogP contribution < -0.4 is 10.6 Å². The van der Waals surface area contributed by atoms with Crippen LogP contribution in [0.3, 0.4) is 0 Å². The van der Waals surface area contributed by atoms with Gasteiger partial charge in [0.15, 0.2) is 5.82 Å². The van der Waals surface area contributed by atoms with Crippen LogP contribution in [0, 0.1) is 11.8 Å². The van der Waals surface area contributed by atoms with Gasteiger partial charge in [0, 0.05) is 13.1 Å². The maximum Gasteiger partial charge on any atom is 0.224 e. The number of halogens is 1. The molecule has 1 saturated heterocycles. The van der Waals surface area contributed by atoms with Gasteiger partial charge in [-0.25, -0.2) is 4.98 Å². The number of nitrogen functional groups attached to an aromatic ring is 1. The zero-order valence-corrected chi connectivity index (χ0v) is 11.2. The van der Waals surface area contributed by atoms with Gasteiger partial charge in [0.1, 0.15) is 0 Å². The van der Waals surface area contributed by atoms with Crippen molar-refractivity contribution in [3.8, 4) is 0 Å². The van der Waals surface area contributed by atoms with E-state index in [0.29, 0.717) is 5.69 Å². The Morgan fingerprint density at radius 2 is 2.00 bits per heavy atom. The zero-order valence-electron chi connectivity index (χ0n) is 10.5. The van der Waals surface area contributed by atoms with E-state index in [1.165, 1.54) is 32.1 Å². The topological polar surface area (TPSA) is 55.0 Å². The second-order valence-electron chi connectivity index (χ2n) is 5.46. The van der Waals surface area contributed by atoms with E-state index in [0.717, 1.165) is 30.7 Å². The lowest BCUT2D eigenvalue weighted by atomic mass is 9.75. The van der Waals surface area contributed by atoms with Crippen LogP contribution in [-0.4, -0.2) is 23.1 Å². The molecule has 3 rings (SSSR count). The van der Waals surface area contributed by atoms with Crippen molar-refractivity contribution in [3.05, 3.63) is 11.5 Å². The molecule has 0 amide bonds. The highest BCUT2D eigenvalue weighted by atomic mass is 35.5. The molecule has 0 radical (unpaired) electrons. The Hall–Kier alpha value is -1.03. The number of piperidine rings is 1. The van der Waals surface area contributed by atoms with Gasteiger partial charge in [-0.05, 0) is 36.3 Å². The summed E-state index contributed by atoms with van der Waals surface area (Å²) in [6.07, 6.45) is 8.39. The first-order chi connectivity index (χ1) is 8.74. The van der Waals surface area contributed by atoms with E-state index in [-0.39, 0.29) is 5.28 Å². The van der Waals surface area contributed by atoms with E-state index in [1.807, 2.05) is 0 Å². The number of rotatable bonds is 1. The van der Waals surface area contributed by atoms with Crippen molar-refractivity contribution in [2.45, 2.75) is 32.1 Å². The third kappa shape index (κ3) is 2.26. The Kier molecular flexibility index (Phi) is 3.29. The molecule has 18 heavy (non-hydrogen) atoms. The summed E-state index contributed by atoms with van der Waals surface area (Å²) in [6.45, 7) is 2.11. The molecule has 2 unspecified atom stereocenters. The van der Waals surface area contributed by atoms with E-state index in [2.05, 4.69) is 14.9 Å². The highest BCUT2D eigenvalue weighted by molar-refractivity contribution is 6.28. The van der Waals surface area contributed by atoms with Crippen LogP contribution in [0.5, 0.6) is 0 Å². The summed E-state index contributed by atoms with van der Waals surface area (Å²) >= 11 is 5.87. The third-order valence-corrected chi connectivity index (χ3v) is 4.54. The fourth-order valence-electron chi connectivity index (χ4n) is 3.41. The number of hydrogen-bond acceptors (Lipinski definition) is 4. The lowest BCUT2D eigenvalue weighted by molar-refractivity contribution is 0.202. The first-order valence-electron chi connectivity index (χ1n) is 6.77. The second kappa shape index (κ2) is 4.92. The minimum absolute atomic E-state index is 0.282. The molecule has 1 aliphatic carbocycles. The lowest BCUT2D eigenvalue weighted by Crippen LogP contribution is -2.42. The Labute approximate surface area is 113 Å². The van der Waals surface area contributed by atoms with Crippen molar-refractivity contribution >= 4 is 23.1 Å². The number of hydrogen-bond donors (Lipinski definition) is 1. The molecule has 0 aromatic carbocycles. The quantitative estimate of drug-likeness (QED) is 0.794. The van der Waals surface area contributed by atoms with Crippen LogP contribution in [0.4, 0.5) is 11.5 Å². The van der Waals surface area contributed by atoms with E-state index < -0.39 is 0 Å². The van der Waals surface area contributed by atoms with Crippen LogP contribution in [0.25, 0.3) is 0 Å². The van der Waals surface area contributed by atoms with Gasteiger partial charge < -0.3 is 10.6 Å². The Balaban J connectivity index is 1.79. The van der Waals surface area contributed by atoms with Gasteiger partial charge in [-0.15, -0.1) is 0 Å². The Morgan fingerprint density at radius 1 is 1.22 bits per heavy atom. The molecule has 98 valence electrons. The SMILES string of the molecule is Nc1cnc(Cl)nc1N1CCC2CCCCC2C1. The van der Waals surface area contributed by atoms with E-state index >= 15 is 0 Å². The van der Waals surface area contributed by atoms with Gasteiger partial charge in [0.05, 0.1) is 11.9 Å². The summed E-state index contributed by atoms with van der Waals surface area (Å²) < 4.78 is 0. The molecule has 2 fully saturated rings. The van der Waals surface area contributed by atoms with Gasteiger partial charge in [0.2, 0.25) is 5.28 Å². The molecule has 1 aliphatic heterocycles. The smallest absolute Gasteiger partial charge is 0.224 e. The highest BCUT2D eigenvalue weighted by Crippen LogP contribution is 2.38. The minimum atomic E-state index is 0.282. The summed E-state index contributed by atoms with van der Waals surface area (Å²) in [5.74, 6) is 2.54. The first-order valence-corrected chi connectivity index (χ1v) is 7.15. The third-order valence-electron chi connectivity index (χ3n) is 4.36. The predicted molar refractivity (Wildman–Crippen MR) is 73.7 cm³/mol. The molecule has 5 heteroatoms. The van der Waals surface area contributed by atoms with Crippen LogP contribution in [0.2, 0.25) is 5.28 Å². The minimum Gasteiger partial charge on any atom is -0.394 e. The van der Waals surface area contributed by atoms with Gasteiger partial charge in [-0.2, -0.15) is 4.98 Å². The molecule has 2 atom stereocenters. The normalized spacial score (nSPS) is 27.9. The first kappa shape index (κ1) is 12.0. The summed E-state index contributed by atoms with van der Waals surface area (Å²) in [6, 6.07) is 0. The highest BCUT2D eigenvalue weighted by Gasteiger charge is 2.32. The standard InChI is InChI=1S/C13H19ClN4/c14-13-16-7-11(15)12(17-13)18-6-5-9-3-1-2-4-10(9)8-18/h7,9-10H,1-6,8,15H2. The van der Waals surface area contributed by atoms with Gasteiger partial charge in [-0.3, -0.25) is 0 Å². The molecule has 1 saturated carbocycles. The zero-order chi connectivity index (χ0) is 12.5. The average molecular weight is 267 g/mol. The fourth-order valence-corrected chi connectivity index (χ4v) is 3.54. The maximum absolute atomic E-state index is 5.96. The van der Waals surface area contributed by atoms with Gasteiger partial charge in [0.25, 0.3) is 0 Å². The van der Waals surface area contributed by atoms with Crippen molar-refractivity contribution in [1.29, 1.82) is 0 Å². The van der Waals surface area contributed by atoms with Crippen molar-refractivity contribution in [1.82, 2.24) is 9.97 Å². The number of nitrogens with zero attached hydrogens (tertiary/aromatic N) is 3. The Morgan fingerprint density at radius 3 is 2.83 bits per heavy atom. The monoisotopic (exact) mass is 266 g/mol. The largest absolute Gasteiger partial charge is 0.394 e. The van der Waals surface area contributed by atoms with Crippen LogP contribution >= 0.6 is 11.6 Å². The molecule has 4 nitrogen and oxygen atoms in total. The van der Waals surface area contributed by atoms with Crippen LogP contribution in [0.1, 0.15) is 32.1 Å². The molecule has 0 bridgehead atoms. The molecule has 2 aliphatic rings. The number of aromatic nitrogens is 2. The van der Waals surface area contributed by atoms with Crippen LogP contribution in [-0.2, 0) is 0 Å². The van der Waals surface area contributed by atoms with E-state index in [1.54, 1.807) is 6.20 Å². The van der Waals surface area contributed by atoms with Gasteiger partial charge >= 0.3 is 0 Å².